The Hall–Kier alpha value is -3.12. The van der Waals surface area contributed by atoms with Crippen LogP contribution in [0.25, 0.3) is 5.69 Å². The summed E-state index contributed by atoms with van der Waals surface area (Å²) >= 11 is 0. The van der Waals surface area contributed by atoms with Crippen molar-refractivity contribution in [1.82, 2.24) is 9.78 Å². The molecule has 0 saturated heterocycles. The number of nitrogens with zero attached hydrogens (tertiary/aromatic N) is 2. The van der Waals surface area contributed by atoms with Crippen LogP contribution in [-0.4, -0.2) is 27.1 Å². The highest BCUT2D eigenvalue weighted by molar-refractivity contribution is 5.86. The molecule has 0 radical (unpaired) electrons. The molecular formula is C21H21N3O3. The summed E-state index contributed by atoms with van der Waals surface area (Å²) in [4.78, 5) is 12.4. The van der Waals surface area contributed by atoms with Gasteiger partial charge in [-0.15, -0.1) is 0 Å². The first-order valence-corrected chi connectivity index (χ1v) is 8.98. The Morgan fingerprint density at radius 1 is 1.11 bits per heavy atom. The van der Waals surface area contributed by atoms with Crippen molar-refractivity contribution in [2.45, 2.75) is 31.8 Å². The van der Waals surface area contributed by atoms with Crippen LogP contribution in [0.4, 0.5) is 10.6 Å². The number of anilines is 1. The quantitative estimate of drug-likeness (QED) is 0.734. The zero-order chi connectivity index (χ0) is 18.8. The van der Waals surface area contributed by atoms with E-state index in [9.17, 15) is 9.90 Å². The minimum atomic E-state index is -0.568. The third kappa shape index (κ3) is 3.57. The minimum absolute atomic E-state index is 0.204. The number of hydrogen-bond acceptors (Lipinski definition) is 4. The Morgan fingerprint density at radius 2 is 1.74 bits per heavy atom. The first kappa shape index (κ1) is 17.3. The fourth-order valence-corrected chi connectivity index (χ4v) is 3.33. The second-order valence-corrected chi connectivity index (χ2v) is 6.76. The van der Waals surface area contributed by atoms with Crippen LogP contribution in [0.15, 0.2) is 60.7 Å². The highest BCUT2D eigenvalue weighted by atomic mass is 16.6. The maximum absolute atomic E-state index is 12.4. The van der Waals surface area contributed by atoms with E-state index >= 15 is 0 Å². The molecule has 1 heterocycles. The van der Waals surface area contributed by atoms with Crippen molar-refractivity contribution in [2.24, 2.45) is 0 Å². The van der Waals surface area contributed by atoms with E-state index < -0.39 is 6.09 Å². The predicted octanol–water partition coefficient (Wildman–Crippen LogP) is 4.03. The van der Waals surface area contributed by atoms with Crippen molar-refractivity contribution in [3.63, 3.8) is 0 Å². The van der Waals surface area contributed by atoms with Crippen molar-refractivity contribution in [2.75, 3.05) is 5.32 Å². The molecule has 0 aliphatic heterocycles. The number of ether oxygens (including phenoxy) is 1. The standard InChI is InChI=1S/C21H21N3O3/c1-14-19(15-12-17(25)13-15)23-24(16-8-4-2-5-9-16)20(14)22-21(26)27-18-10-6-3-7-11-18/h2-11,15,17,25H,12-13H2,1H3,(H,22,26). The lowest BCUT2D eigenvalue weighted by Gasteiger charge is -2.30. The highest BCUT2D eigenvalue weighted by Crippen LogP contribution is 2.40. The lowest BCUT2D eigenvalue weighted by atomic mass is 9.79. The lowest BCUT2D eigenvalue weighted by molar-refractivity contribution is 0.0729. The number of amides is 1. The number of carbonyl (C=O) groups excluding carboxylic acids is 1. The Morgan fingerprint density at radius 3 is 2.37 bits per heavy atom. The summed E-state index contributed by atoms with van der Waals surface area (Å²) in [6.07, 6.45) is 0.554. The van der Waals surface area contributed by atoms with Crippen molar-refractivity contribution < 1.29 is 14.6 Å². The lowest BCUT2D eigenvalue weighted by Crippen LogP contribution is -2.27. The van der Waals surface area contributed by atoms with Gasteiger partial charge < -0.3 is 9.84 Å². The van der Waals surface area contributed by atoms with E-state index in [0.29, 0.717) is 24.4 Å². The highest BCUT2D eigenvalue weighted by Gasteiger charge is 2.33. The predicted molar refractivity (Wildman–Crippen MR) is 102 cm³/mol. The van der Waals surface area contributed by atoms with Gasteiger partial charge in [-0.2, -0.15) is 5.10 Å². The monoisotopic (exact) mass is 363 g/mol. The number of nitrogens with one attached hydrogen (secondary N) is 1. The number of rotatable bonds is 4. The number of carbonyl (C=O) groups is 1. The van der Waals surface area contributed by atoms with Crippen LogP contribution >= 0.6 is 0 Å². The van der Waals surface area contributed by atoms with E-state index in [1.54, 1.807) is 16.8 Å². The summed E-state index contributed by atoms with van der Waals surface area (Å²) in [6, 6.07) is 18.6. The van der Waals surface area contributed by atoms with E-state index in [0.717, 1.165) is 16.9 Å². The van der Waals surface area contributed by atoms with E-state index in [-0.39, 0.29) is 12.0 Å². The molecule has 6 nitrogen and oxygen atoms in total. The zero-order valence-corrected chi connectivity index (χ0v) is 15.0. The van der Waals surface area contributed by atoms with Crippen LogP contribution in [0.2, 0.25) is 0 Å². The minimum Gasteiger partial charge on any atom is -0.410 e. The van der Waals surface area contributed by atoms with Crippen molar-refractivity contribution in [3.05, 3.63) is 71.9 Å². The molecule has 1 aromatic heterocycles. The maximum atomic E-state index is 12.4. The van der Waals surface area contributed by atoms with Crippen LogP contribution in [0.5, 0.6) is 5.75 Å². The summed E-state index contributed by atoms with van der Waals surface area (Å²) in [6.45, 7) is 1.94. The summed E-state index contributed by atoms with van der Waals surface area (Å²) in [7, 11) is 0. The van der Waals surface area contributed by atoms with E-state index in [1.165, 1.54) is 0 Å². The molecule has 138 valence electrons. The summed E-state index contributed by atoms with van der Waals surface area (Å²) in [5.74, 6) is 1.26. The molecular weight excluding hydrogens is 342 g/mol. The van der Waals surface area contributed by atoms with Crippen LogP contribution in [0.3, 0.4) is 0 Å². The van der Waals surface area contributed by atoms with E-state index in [2.05, 4.69) is 5.32 Å². The van der Waals surface area contributed by atoms with Crippen LogP contribution in [-0.2, 0) is 0 Å². The van der Waals surface area contributed by atoms with Crippen LogP contribution in [0, 0.1) is 6.92 Å². The van der Waals surface area contributed by atoms with Crippen LogP contribution < -0.4 is 10.1 Å². The van der Waals surface area contributed by atoms with Crippen molar-refractivity contribution >= 4 is 11.9 Å². The van der Waals surface area contributed by atoms with Gasteiger partial charge in [0, 0.05) is 11.5 Å². The van der Waals surface area contributed by atoms with Gasteiger partial charge >= 0.3 is 6.09 Å². The summed E-state index contributed by atoms with van der Waals surface area (Å²) < 4.78 is 7.08. The number of hydrogen-bond donors (Lipinski definition) is 2. The van der Waals surface area contributed by atoms with Gasteiger partial charge in [0.05, 0.1) is 17.5 Å². The topological polar surface area (TPSA) is 76.4 Å². The average Bonchev–Trinajstić information content (AvgIpc) is 2.97. The molecule has 0 bridgehead atoms. The number of aliphatic hydroxyl groups is 1. The maximum Gasteiger partial charge on any atom is 0.418 e. The summed E-state index contributed by atoms with van der Waals surface area (Å²) in [5.41, 5.74) is 2.64. The Bertz CT molecular complexity index is 932. The van der Waals surface area contributed by atoms with E-state index in [4.69, 9.17) is 9.84 Å². The molecule has 4 rings (SSSR count). The molecule has 1 aliphatic carbocycles. The average molecular weight is 363 g/mol. The smallest absolute Gasteiger partial charge is 0.410 e. The molecule has 1 amide bonds. The molecule has 1 fully saturated rings. The molecule has 2 aromatic carbocycles. The molecule has 2 N–H and O–H groups in total. The van der Waals surface area contributed by atoms with Gasteiger partial charge in [0.2, 0.25) is 0 Å². The third-order valence-corrected chi connectivity index (χ3v) is 4.83. The third-order valence-electron chi connectivity index (χ3n) is 4.83. The van der Waals surface area contributed by atoms with Gasteiger partial charge in [0.1, 0.15) is 11.6 Å². The van der Waals surface area contributed by atoms with Gasteiger partial charge in [-0.25, -0.2) is 9.48 Å². The Kier molecular flexibility index (Phi) is 4.64. The van der Waals surface area contributed by atoms with Gasteiger partial charge in [-0.05, 0) is 44.0 Å². The summed E-state index contributed by atoms with van der Waals surface area (Å²) in [5, 5.41) is 17.2. The fraction of sp³-hybridized carbons (Fsp3) is 0.238. The number of benzene rings is 2. The fourth-order valence-electron chi connectivity index (χ4n) is 3.33. The second kappa shape index (κ2) is 7.25. The Labute approximate surface area is 157 Å². The van der Waals surface area contributed by atoms with Gasteiger partial charge in [0.25, 0.3) is 0 Å². The molecule has 0 atom stereocenters. The molecule has 3 aromatic rings. The van der Waals surface area contributed by atoms with Crippen molar-refractivity contribution in [1.29, 1.82) is 0 Å². The molecule has 1 saturated carbocycles. The second-order valence-electron chi connectivity index (χ2n) is 6.76. The molecule has 1 aliphatic rings. The van der Waals surface area contributed by atoms with Crippen molar-refractivity contribution in [3.8, 4) is 11.4 Å². The molecule has 0 spiro atoms. The van der Waals surface area contributed by atoms with Gasteiger partial charge in [0.15, 0.2) is 0 Å². The molecule has 27 heavy (non-hydrogen) atoms. The number of para-hydroxylation sites is 2. The number of aliphatic hydroxyl groups excluding tert-OH is 1. The molecule has 0 unspecified atom stereocenters. The largest absolute Gasteiger partial charge is 0.418 e. The normalized spacial score (nSPS) is 18.6. The molecule has 6 heteroatoms. The SMILES string of the molecule is Cc1c(C2CC(O)C2)nn(-c2ccccc2)c1NC(=O)Oc1ccccc1. The van der Waals surface area contributed by atoms with E-state index in [1.807, 2.05) is 55.5 Å². The first-order valence-electron chi connectivity index (χ1n) is 8.98. The zero-order valence-electron chi connectivity index (χ0n) is 15.0. The first-order chi connectivity index (χ1) is 13.1. The van der Waals surface area contributed by atoms with Gasteiger partial charge in [-0.1, -0.05) is 36.4 Å². The van der Waals surface area contributed by atoms with Crippen LogP contribution in [0.1, 0.15) is 30.0 Å². The van der Waals surface area contributed by atoms with Gasteiger partial charge in [-0.3, -0.25) is 5.32 Å². The Balaban J connectivity index is 1.64. The number of aromatic nitrogens is 2.